The Hall–Kier alpha value is -4.95. The smallest absolute Gasteiger partial charge is 0.152 e. The Bertz CT molecular complexity index is 2380. The van der Waals surface area contributed by atoms with Crippen LogP contribution in [0.3, 0.4) is 0 Å². The van der Waals surface area contributed by atoms with E-state index >= 15 is 0 Å². The van der Waals surface area contributed by atoms with Crippen LogP contribution in [0.2, 0.25) is 0 Å². The van der Waals surface area contributed by atoms with E-state index in [2.05, 4.69) is 142 Å². The molecular weight excluding hydrogens is 845 g/mol. The quantitative estimate of drug-likeness (QED) is 0.0748. The zero-order valence-corrected chi connectivity index (χ0v) is 42.7. The van der Waals surface area contributed by atoms with Gasteiger partial charge in [0.2, 0.25) is 0 Å². The van der Waals surface area contributed by atoms with Crippen molar-refractivity contribution >= 4 is 49.5 Å². The maximum atomic E-state index is 12.5. The topological polar surface area (TPSA) is 84.5 Å². The third-order valence-corrected chi connectivity index (χ3v) is 12.5. The predicted molar refractivity (Wildman–Crippen MR) is 287 cm³/mol. The van der Waals surface area contributed by atoms with Crippen LogP contribution in [0.1, 0.15) is 119 Å². The predicted octanol–water partition coefficient (Wildman–Crippen LogP) is 14.3. The Morgan fingerprint density at radius 1 is 0.522 bits per heavy atom. The van der Waals surface area contributed by atoms with Gasteiger partial charge in [-0.1, -0.05) is 194 Å². The molecule has 0 saturated carbocycles. The SMILES string of the molecule is C.CC(C)C[C@@H](Cc1ccc(OCc2ccccc2)cc1)C(=O)C(C)C.CC(C)N[C@@H](Cc1ccc2ccccc2c1)C(=O)C(C)C.CC(C)N[C@@H](Cc1csc2ccccc12)C(=O)C(C)C. The lowest BCUT2D eigenvalue weighted by molar-refractivity contribution is -0.126. The second kappa shape index (κ2) is 28.4. The van der Waals surface area contributed by atoms with Gasteiger partial charge in [-0.3, -0.25) is 14.4 Å². The van der Waals surface area contributed by atoms with Gasteiger partial charge in [0.1, 0.15) is 18.1 Å². The molecule has 362 valence electrons. The number of fused-ring (bicyclic) bond motifs is 2. The van der Waals surface area contributed by atoms with E-state index in [0.29, 0.717) is 36.2 Å². The number of carbonyl (C=O) groups is 3. The molecule has 0 bridgehead atoms. The van der Waals surface area contributed by atoms with E-state index in [4.69, 9.17) is 4.74 Å². The zero-order chi connectivity index (χ0) is 48.3. The third kappa shape index (κ3) is 18.9. The fraction of sp³-hybridized carbons (Fsp3) is 0.450. The molecule has 7 heteroatoms. The number of benzene rings is 5. The highest BCUT2D eigenvalue weighted by atomic mass is 32.1. The van der Waals surface area contributed by atoms with E-state index in [1.165, 1.54) is 37.5 Å². The highest BCUT2D eigenvalue weighted by Gasteiger charge is 2.25. The highest BCUT2D eigenvalue weighted by Crippen LogP contribution is 2.28. The van der Waals surface area contributed by atoms with E-state index in [1.807, 2.05) is 77.9 Å². The summed E-state index contributed by atoms with van der Waals surface area (Å²) in [7, 11) is 0. The van der Waals surface area contributed by atoms with Crippen LogP contribution >= 0.6 is 11.3 Å². The molecule has 0 aliphatic rings. The van der Waals surface area contributed by atoms with Crippen molar-refractivity contribution in [1.82, 2.24) is 10.6 Å². The van der Waals surface area contributed by atoms with Crippen LogP contribution in [0.5, 0.6) is 5.75 Å². The summed E-state index contributed by atoms with van der Waals surface area (Å²) in [6, 6.07) is 42.0. The summed E-state index contributed by atoms with van der Waals surface area (Å²) in [6.45, 7) is 25.2. The first kappa shape index (κ1) is 56.4. The molecule has 0 fully saturated rings. The van der Waals surface area contributed by atoms with Crippen molar-refractivity contribution in [3.05, 3.63) is 149 Å². The van der Waals surface area contributed by atoms with Crippen molar-refractivity contribution in [3.63, 3.8) is 0 Å². The average molecular weight is 927 g/mol. The summed E-state index contributed by atoms with van der Waals surface area (Å²) in [5.74, 6) is 2.68. The lowest BCUT2D eigenvalue weighted by Crippen LogP contribution is -2.44. The molecule has 0 radical (unpaired) electrons. The zero-order valence-electron chi connectivity index (χ0n) is 41.9. The molecule has 6 aromatic rings. The molecular formula is C60H82N2O4S. The number of thiophene rings is 1. The van der Waals surface area contributed by atoms with E-state index < -0.39 is 0 Å². The molecule has 3 atom stereocenters. The Balaban J connectivity index is 0.000000266. The number of hydrogen-bond acceptors (Lipinski definition) is 7. The van der Waals surface area contributed by atoms with Gasteiger partial charge < -0.3 is 15.4 Å². The molecule has 0 saturated heterocycles. The highest BCUT2D eigenvalue weighted by molar-refractivity contribution is 7.17. The number of nitrogens with one attached hydrogen (secondary N) is 2. The van der Waals surface area contributed by atoms with E-state index in [1.54, 1.807) is 11.3 Å². The van der Waals surface area contributed by atoms with Gasteiger partial charge in [-0.05, 0) is 93.6 Å². The molecule has 6 rings (SSSR count). The molecule has 1 heterocycles. The molecule has 6 nitrogen and oxygen atoms in total. The van der Waals surface area contributed by atoms with E-state index in [-0.39, 0.29) is 49.0 Å². The standard InChI is InChI=1S/C23H30O2.C19H25NO.C17H23NOS.CH4/c1-17(2)14-21(23(24)18(3)4)15-19-10-12-22(13-11-19)25-16-20-8-6-5-7-9-20;1-13(2)19(21)18(20-14(3)4)12-15-9-10-16-7-5-6-8-17(16)11-15;1-11(2)17(19)15(18-12(3)4)9-13-10-20-16-8-6-5-7-14(13)16;/h5-13,17-18,21H,14-16H2,1-4H3;5-11,13-14,18,20H,12H2,1-4H3;5-8,10-12,15,18H,9H2,1-4H3;1H4/t21-;18-;15-;/m000./s1. The Morgan fingerprint density at radius 2 is 1.04 bits per heavy atom. The molecule has 0 unspecified atom stereocenters. The molecule has 2 N–H and O–H groups in total. The Morgan fingerprint density at radius 3 is 1.61 bits per heavy atom. The van der Waals surface area contributed by atoms with Crippen molar-refractivity contribution < 1.29 is 19.1 Å². The minimum absolute atomic E-state index is 0. The third-order valence-electron chi connectivity index (χ3n) is 11.5. The fourth-order valence-corrected chi connectivity index (χ4v) is 9.17. The maximum absolute atomic E-state index is 12.5. The minimum Gasteiger partial charge on any atom is -0.489 e. The van der Waals surface area contributed by atoms with Crippen LogP contribution in [0, 0.1) is 29.6 Å². The van der Waals surface area contributed by atoms with Gasteiger partial charge in [0.25, 0.3) is 0 Å². The summed E-state index contributed by atoms with van der Waals surface area (Å²) in [5.41, 5.74) is 4.84. The van der Waals surface area contributed by atoms with Gasteiger partial charge in [0.05, 0.1) is 12.1 Å². The molecule has 1 aromatic heterocycles. The average Bonchev–Trinajstić information content (AvgIpc) is 3.70. The van der Waals surface area contributed by atoms with Crippen LogP contribution in [0.25, 0.3) is 20.9 Å². The Kier molecular flexibility index (Phi) is 23.9. The van der Waals surface area contributed by atoms with Gasteiger partial charge in [0, 0.05) is 40.5 Å². The van der Waals surface area contributed by atoms with E-state index in [0.717, 1.165) is 37.0 Å². The van der Waals surface area contributed by atoms with Crippen molar-refractivity contribution in [1.29, 1.82) is 0 Å². The van der Waals surface area contributed by atoms with Crippen LogP contribution in [-0.2, 0) is 40.3 Å². The van der Waals surface area contributed by atoms with Crippen molar-refractivity contribution in [2.75, 3.05) is 0 Å². The summed E-state index contributed by atoms with van der Waals surface area (Å²) in [4.78, 5) is 37.3. The summed E-state index contributed by atoms with van der Waals surface area (Å²) < 4.78 is 7.13. The van der Waals surface area contributed by atoms with Crippen molar-refractivity contribution in [3.8, 4) is 5.75 Å². The first-order chi connectivity index (χ1) is 31.4. The van der Waals surface area contributed by atoms with Gasteiger partial charge in [-0.2, -0.15) is 0 Å². The lowest BCUT2D eigenvalue weighted by atomic mass is 9.84. The lowest BCUT2D eigenvalue weighted by Gasteiger charge is -2.22. The number of ketones is 3. The number of hydrogen-bond donors (Lipinski definition) is 2. The Labute approximate surface area is 408 Å². The van der Waals surface area contributed by atoms with Crippen molar-refractivity contribution in [2.45, 2.75) is 147 Å². The normalized spacial score (nSPS) is 12.7. The monoisotopic (exact) mass is 927 g/mol. The number of rotatable bonds is 21. The molecule has 0 aliphatic carbocycles. The van der Waals surface area contributed by atoms with Crippen LogP contribution in [0.4, 0.5) is 0 Å². The summed E-state index contributed by atoms with van der Waals surface area (Å²) >= 11 is 1.76. The van der Waals surface area contributed by atoms with Gasteiger partial charge in [0.15, 0.2) is 11.6 Å². The summed E-state index contributed by atoms with van der Waals surface area (Å²) in [6.07, 6.45) is 3.29. The minimum atomic E-state index is -0.105. The number of ether oxygens (including phenoxy) is 1. The molecule has 0 amide bonds. The van der Waals surface area contributed by atoms with Gasteiger partial charge in [-0.15, -0.1) is 11.3 Å². The largest absolute Gasteiger partial charge is 0.489 e. The fourth-order valence-electron chi connectivity index (χ4n) is 8.19. The first-order valence-electron chi connectivity index (χ1n) is 24.2. The molecule has 0 aliphatic heterocycles. The second-order valence-corrected chi connectivity index (χ2v) is 20.6. The molecule has 67 heavy (non-hydrogen) atoms. The van der Waals surface area contributed by atoms with Crippen LogP contribution < -0.4 is 15.4 Å². The van der Waals surface area contributed by atoms with Gasteiger partial charge in [-0.25, -0.2) is 0 Å². The molecule has 0 spiro atoms. The maximum Gasteiger partial charge on any atom is 0.152 e. The van der Waals surface area contributed by atoms with Crippen LogP contribution in [-0.4, -0.2) is 41.5 Å². The number of carbonyl (C=O) groups excluding carboxylic acids is 3. The first-order valence-corrected chi connectivity index (χ1v) is 25.1. The van der Waals surface area contributed by atoms with E-state index in [9.17, 15) is 14.4 Å². The second-order valence-electron chi connectivity index (χ2n) is 19.7. The molecule has 5 aromatic carbocycles. The number of Topliss-reactive ketones (excluding diaryl/α,β-unsaturated/α-hetero) is 3. The summed E-state index contributed by atoms with van der Waals surface area (Å²) in [5, 5.41) is 12.8. The van der Waals surface area contributed by atoms with Gasteiger partial charge >= 0.3 is 0 Å². The van der Waals surface area contributed by atoms with Crippen LogP contribution in [0.15, 0.2) is 127 Å². The van der Waals surface area contributed by atoms with Crippen molar-refractivity contribution in [2.24, 2.45) is 29.6 Å².